The van der Waals surface area contributed by atoms with Crippen molar-refractivity contribution in [2.45, 2.75) is 37.8 Å². The van der Waals surface area contributed by atoms with Gasteiger partial charge in [0, 0.05) is 23.5 Å². The van der Waals surface area contributed by atoms with Gasteiger partial charge in [0.05, 0.1) is 35.0 Å². The van der Waals surface area contributed by atoms with Gasteiger partial charge >= 0.3 is 0 Å². The van der Waals surface area contributed by atoms with Crippen LogP contribution in [0, 0.1) is 0 Å². The molecule has 2 aliphatic heterocycles. The number of imidazole rings is 2. The number of nitrogens with one attached hydrogen (secondary N) is 4. The predicted octanol–water partition coefficient (Wildman–Crippen LogP) is 4.93. The van der Waals surface area contributed by atoms with Gasteiger partial charge in [0.2, 0.25) is 0 Å². The maximum atomic E-state index is 4.85. The van der Waals surface area contributed by atoms with Gasteiger partial charge in [0.25, 0.3) is 0 Å². The average Bonchev–Trinajstić information content (AvgIpc) is 3.75. The van der Waals surface area contributed by atoms with Crippen LogP contribution in [0.15, 0.2) is 61.1 Å². The summed E-state index contributed by atoms with van der Waals surface area (Å²) in [4.78, 5) is 25.5. The molecule has 0 aliphatic carbocycles. The third-order valence-electron chi connectivity index (χ3n) is 7.32. The Kier molecular flexibility index (Phi) is 5.33. The van der Waals surface area contributed by atoms with Crippen LogP contribution in [0.3, 0.4) is 0 Å². The minimum absolute atomic E-state index is 0.317. The first kappa shape index (κ1) is 21.4. The lowest BCUT2D eigenvalue weighted by Crippen LogP contribution is -2.14. The number of benzene rings is 2. The normalized spacial score (nSPS) is 19.9. The number of rotatable bonds is 5. The molecule has 180 valence electrons. The molecule has 2 aliphatic rings. The fourth-order valence-corrected chi connectivity index (χ4v) is 5.29. The molecular weight excluding hydrogens is 448 g/mol. The zero-order valence-electron chi connectivity index (χ0n) is 20.0. The lowest BCUT2D eigenvalue weighted by atomic mass is 10.0. The fourth-order valence-electron chi connectivity index (χ4n) is 5.29. The first-order valence-corrected chi connectivity index (χ1v) is 12.7. The van der Waals surface area contributed by atoms with Crippen molar-refractivity contribution < 1.29 is 0 Å². The summed E-state index contributed by atoms with van der Waals surface area (Å²) < 4.78 is 0. The second-order valence-electron chi connectivity index (χ2n) is 9.71. The highest BCUT2D eigenvalue weighted by Crippen LogP contribution is 2.29. The maximum absolute atomic E-state index is 4.85. The highest BCUT2D eigenvalue weighted by molar-refractivity contribution is 5.82. The van der Waals surface area contributed by atoms with Crippen LogP contribution in [-0.2, 0) is 0 Å². The fraction of sp³-hybridized carbons (Fsp3) is 0.286. The second-order valence-corrected chi connectivity index (χ2v) is 9.71. The van der Waals surface area contributed by atoms with Crippen LogP contribution < -0.4 is 10.6 Å². The molecule has 5 heterocycles. The molecule has 4 N–H and O–H groups in total. The lowest BCUT2D eigenvalue weighted by molar-refractivity contribution is 0.613. The van der Waals surface area contributed by atoms with Gasteiger partial charge in [0.15, 0.2) is 5.82 Å². The summed E-state index contributed by atoms with van der Waals surface area (Å²) in [6.07, 6.45) is 10.2. The lowest BCUT2D eigenvalue weighted by Gasteiger charge is -2.06. The van der Waals surface area contributed by atoms with E-state index in [1.165, 1.54) is 12.8 Å². The number of H-pyrrole nitrogens is 2. The minimum atomic E-state index is 0.317. The Labute approximate surface area is 209 Å². The van der Waals surface area contributed by atoms with E-state index in [9.17, 15) is 0 Å². The summed E-state index contributed by atoms with van der Waals surface area (Å²) in [6.45, 7) is 2.11. The van der Waals surface area contributed by atoms with Crippen molar-refractivity contribution in [2.24, 2.45) is 0 Å². The smallest absolute Gasteiger partial charge is 0.159 e. The summed E-state index contributed by atoms with van der Waals surface area (Å²) in [7, 11) is 0. The van der Waals surface area contributed by atoms with Gasteiger partial charge < -0.3 is 20.6 Å². The van der Waals surface area contributed by atoms with Gasteiger partial charge in [-0.25, -0.2) is 19.9 Å². The molecule has 2 atom stereocenters. The van der Waals surface area contributed by atoms with E-state index in [0.29, 0.717) is 17.9 Å². The van der Waals surface area contributed by atoms with E-state index in [1.807, 2.05) is 18.6 Å². The molecule has 0 saturated carbocycles. The third kappa shape index (κ3) is 3.98. The molecule has 0 bridgehead atoms. The van der Waals surface area contributed by atoms with Gasteiger partial charge in [-0.1, -0.05) is 30.3 Å². The summed E-state index contributed by atoms with van der Waals surface area (Å²) in [5, 5.41) is 6.99. The Bertz CT molecular complexity index is 1490. The molecule has 0 spiro atoms. The first-order chi connectivity index (χ1) is 17.8. The van der Waals surface area contributed by atoms with E-state index in [4.69, 9.17) is 4.98 Å². The van der Waals surface area contributed by atoms with Crippen LogP contribution in [-0.4, -0.2) is 43.0 Å². The Morgan fingerprint density at radius 1 is 0.639 bits per heavy atom. The molecule has 0 amide bonds. The Morgan fingerprint density at radius 2 is 1.33 bits per heavy atom. The molecule has 3 aromatic heterocycles. The molecule has 5 aromatic rings. The van der Waals surface area contributed by atoms with Gasteiger partial charge in [0.1, 0.15) is 11.6 Å². The highest BCUT2D eigenvalue weighted by Gasteiger charge is 2.20. The quantitative estimate of drug-likeness (QED) is 0.287. The summed E-state index contributed by atoms with van der Waals surface area (Å²) in [5.74, 6) is 2.73. The Balaban J connectivity index is 1.09. The SMILES string of the molecule is c1cc(-c2ncc(-c3cnc([C@@H]4CCCN4)[nH]3)cn2)ccc1-c1ccc2[nH]c([C@@H]3CCCN3)nc2c1. The van der Waals surface area contributed by atoms with Gasteiger partial charge in [-0.3, -0.25) is 0 Å². The van der Waals surface area contributed by atoms with Crippen LogP contribution in [0.1, 0.15) is 49.4 Å². The van der Waals surface area contributed by atoms with E-state index in [2.05, 4.69) is 78.0 Å². The number of aromatic nitrogens is 6. The van der Waals surface area contributed by atoms with E-state index >= 15 is 0 Å². The summed E-state index contributed by atoms with van der Waals surface area (Å²) in [6, 6.07) is 15.5. The molecular formula is C28H28N8. The molecule has 2 fully saturated rings. The summed E-state index contributed by atoms with van der Waals surface area (Å²) >= 11 is 0. The average molecular weight is 477 g/mol. The zero-order chi connectivity index (χ0) is 23.9. The van der Waals surface area contributed by atoms with Crippen molar-refractivity contribution in [3.8, 4) is 33.8 Å². The second kappa shape index (κ2) is 8.96. The zero-order valence-corrected chi connectivity index (χ0v) is 20.0. The van der Waals surface area contributed by atoms with Crippen molar-refractivity contribution in [3.05, 3.63) is 72.7 Å². The number of aromatic amines is 2. The molecule has 0 radical (unpaired) electrons. The number of fused-ring (bicyclic) bond motifs is 1. The third-order valence-corrected chi connectivity index (χ3v) is 7.32. The monoisotopic (exact) mass is 476 g/mol. The van der Waals surface area contributed by atoms with Crippen LogP contribution >= 0.6 is 0 Å². The number of hydrogen-bond donors (Lipinski definition) is 4. The van der Waals surface area contributed by atoms with Crippen molar-refractivity contribution in [3.63, 3.8) is 0 Å². The van der Waals surface area contributed by atoms with E-state index < -0.39 is 0 Å². The van der Waals surface area contributed by atoms with E-state index in [-0.39, 0.29) is 0 Å². The largest absolute Gasteiger partial charge is 0.341 e. The Morgan fingerprint density at radius 3 is 2.06 bits per heavy atom. The van der Waals surface area contributed by atoms with E-state index in [1.54, 1.807) is 0 Å². The number of hydrogen-bond acceptors (Lipinski definition) is 6. The molecule has 7 rings (SSSR count). The molecule has 8 heteroatoms. The maximum Gasteiger partial charge on any atom is 0.159 e. The molecule has 0 unspecified atom stereocenters. The first-order valence-electron chi connectivity index (χ1n) is 12.7. The van der Waals surface area contributed by atoms with Gasteiger partial charge in [-0.05, 0) is 62.0 Å². The van der Waals surface area contributed by atoms with Crippen molar-refractivity contribution in [2.75, 3.05) is 13.1 Å². The standard InChI is InChI=1S/C28H28N8/c1-3-22(29-11-1)27-33-16-25(36-27)20-14-31-26(32-15-20)18-7-5-17(6-8-18)19-9-10-21-24(13-19)35-28(34-21)23-4-2-12-30-23/h5-10,13-16,22-23,29-30H,1-4,11-12H2,(H,33,36)(H,34,35)/t22-,23-/m0/s1. The van der Waals surface area contributed by atoms with Gasteiger partial charge in [-0.15, -0.1) is 0 Å². The van der Waals surface area contributed by atoms with Crippen LogP contribution in [0.25, 0.3) is 44.8 Å². The Hall–Kier alpha value is -3.88. The van der Waals surface area contributed by atoms with Crippen molar-refractivity contribution in [1.29, 1.82) is 0 Å². The molecule has 36 heavy (non-hydrogen) atoms. The minimum Gasteiger partial charge on any atom is -0.341 e. The topological polar surface area (TPSA) is 107 Å². The highest BCUT2D eigenvalue weighted by atomic mass is 15.0. The summed E-state index contributed by atoms with van der Waals surface area (Å²) in [5.41, 5.74) is 7.25. The van der Waals surface area contributed by atoms with Crippen molar-refractivity contribution >= 4 is 11.0 Å². The molecule has 2 saturated heterocycles. The van der Waals surface area contributed by atoms with Crippen LogP contribution in [0.2, 0.25) is 0 Å². The number of nitrogens with zero attached hydrogens (tertiary/aromatic N) is 4. The van der Waals surface area contributed by atoms with E-state index in [0.717, 1.165) is 76.6 Å². The predicted molar refractivity (Wildman–Crippen MR) is 140 cm³/mol. The van der Waals surface area contributed by atoms with Gasteiger partial charge in [-0.2, -0.15) is 0 Å². The molecule has 2 aromatic carbocycles. The van der Waals surface area contributed by atoms with Crippen molar-refractivity contribution in [1.82, 2.24) is 40.5 Å². The van der Waals surface area contributed by atoms with Crippen LogP contribution in [0.5, 0.6) is 0 Å². The van der Waals surface area contributed by atoms with Crippen LogP contribution in [0.4, 0.5) is 0 Å². The molecule has 8 nitrogen and oxygen atoms in total.